The van der Waals surface area contributed by atoms with Gasteiger partial charge in [-0.1, -0.05) is 6.07 Å². The minimum Gasteiger partial charge on any atom is -0.453 e. The predicted octanol–water partition coefficient (Wildman–Crippen LogP) is 0.298. The number of nitrogens with two attached hydrogens (primary N) is 1. The number of ether oxygens (including phenoxy) is 1. The topological polar surface area (TPSA) is 92.5 Å². The number of hydrogen-bond donors (Lipinski definition) is 3. The first kappa shape index (κ1) is 13.6. The Morgan fingerprint density at radius 3 is 3.11 bits per heavy atom. The molecule has 0 aliphatic carbocycles. The van der Waals surface area contributed by atoms with Crippen LogP contribution in [-0.2, 0) is 11.3 Å². The van der Waals surface area contributed by atoms with E-state index in [-0.39, 0.29) is 12.1 Å². The normalized spacial score (nSPS) is 19.2. The molecule has 0 spiro atoms. The van der Waals surface area contributed by atoms with E-state index in [4.69, 9.17) is 5.84 Å². The van der Waals surface area contributed by atoms with Crippen molar-refractivity contribution in [3.8, 4) is 0 Å². The van der Waals surface area contributed by atoms with Gasteiger partial charge >= 0.3 is 6.09 Å². The van der Waals surface area contributed by atoms with Gasteiger partial charge in [0.05, 0.1) is 7.11 Å². The van der Waals surface area contributed by atoms with Gasteiger partial charge in [0.15, 0.2) is 0 Å². The average molecular weight is 265 g/mol. The number of nitrogens with zero attached hydrogens (tertiary/aromatic N) is 2. The molecule has 1 aliphatic heterocycles. The van der Waals surface area contributed by atoms with Gasteiger partial charge in [-0.3, -0.25) is 4.90 Å². The number of hydrogen-bond acceptors (Lipinski definition) is 6. The minimum atomic E-state index is -0.369. The number of rotatable bonds is 4. The first-order chi connectivity index (χ1) is 9.21. The van der Waals surface area contributed by atoms with Crippen molar-refractivity contribution in [3.05, 3.63) is 23.9 Å². The summed E-state index contributed by atoms with van der Waals surface area (Å²) in [5.74, 6) is 5.91. The third-order valence-electron chi connectivity index (χ3n) is 3.16. The van der Waals surface area contributed by atoms with Crippen LogP contribution in [0.4, 0.5) is 10.6 Å². The van der Waals surface area contributed by atoms with Gasteiger partial charge in [0, 0.05) is 31.9 Å². The number of likely N-dealkylation sites (tertiary alicyclic amines) is 1. The van der Waals surface area contributed by atoms with Gasteiger partial charge < -0.3 is 15.5 Å². The summed E-state index contributed by atoms with van der Waals surface area (Å²) in [5, 5.41) is 2.82. The van der Waals surface area contributed by atoms with Crippen LogP contribution in [0.1, 0.15) is 12.0 Å². The molecular weight excluding hydrogens is 246 g/mol. The number of carbonyl (C=O) groups excluding carboxylic acids is 1. The number of nitrogens with one attached hydrogen (secondary N) is 2. The van der Waals surface area contributed by atoms with Crippen molar-refractivity contribution in [1.82, 2.24) is 15.2 Å². The van der Waals surface area contributed by atoms with E-state index < -0.39 is 0 Å². The van der Waals surface area contributed by atoms with E-state index >= 15 is 0 Å². The highest BCUT2D eigenvalue weighted by atomic mass is 16.5. The predicted molar refractivity (Wildman–Crippen MR) is 71.3 cm³/mol. The van der Waals surface area contributed by atoms with E-state index in [0.717, 1.165) is 31.6 Å². The number of nitrogen functional groups attached to an aromatic ring is 1. The molecule has 4 N–H and O–H groups in total. The Kier molecular flexibility index (Phi) is 4.53. The van der Waals surface area contributed by atoms with Gasteiger partial charge in [0.25, 0.3) is 0 Å². The Morgan fingerprint density at radius 1 is 1.63 bits per heavy atom. The molecule has 0 saturated carbocycles. The fourth-order valence-corrected chi connectivity index (χ4v) is 2.18. The Bertz CT molecular complexity index is 423. The van der Waals surface area contributed by atoms with Gasteiger partial charge in [-0.15, -0.1) is 0 Å². The van der Waals surface area contributed by atoms with Crippen LogP contribution in [0.2, 0.25) is 0 Å². The Morgan fingerprint density at radius 2 is 2.47 bits per heavy atom. The standard InChI is InChI=1S/C12H19N5O2/c1-19-12(18)15-10-4-5-17(8-10)7-9-2-3-11(16-13)14-6-9/h2-3,6,10H,4-5,7-8,13H2,1H3,(H,14,16)(H,15,18). The van der Waals surface area contributed by atoms with Gasteiger partial charge in [0.2, 0.25) is 0 Å². The van der Waals surface area contributed by atoms with Crippen molar-refractivity contribution in [2.75, 3.05) is 25.6 Å². The van der Waals surface area contributed by atoms with Crippen LogP contribution in [0.25, 0.3) is 0 Å². The monoisotopic (exact) mass is 265 g/mol. The Hall–Kier alpha value is -1.86. The lowest BCUT2D eigenvalue weighted by Crippen LogP contribution is -2.36. The molecule has 1 aromatic rings. The van der Waals surface area contributed by atoms with Crippen LogP contribution in [0.3, 0.4) is 0 Å². The number of aromatic nitrogens is 1. The third kappa shape index (κ3) is 3.80. The second kappa shape index (κ2) is 6.35. The molecule has 1 aliphatic rings. The van der Waals surface area contributed by atoms with Gasteiger partial charge in [-0.2, -0.15) is 0 Å². The van der Waals surface area contributed by atoms with Crippen molar-refractivity contribution in [3.63, 3.8) is 0 Å². The molecule has 1 saturated heterocycles. The second-order valence-electron chi connectivity index (χ2n) is 4.55. The number of amides is 1. The Labute approximate surface area is 112 Å². The average Bonchev–Trinajstić information content (AvgIpc) is 2.86. The zero-order valence-electron chi connectivity index (χ0n) is 10.9. The summed E-state index contributed by atoms with van der Waals surface area (Å²) in [6.07, 6.45) is 2.37. The lowest BCUT2D eigenvalue weighted by molar-refractivity contribution is 0.166. The van der Waals surface area contributed by atoms with Crippen LogP contribution < -0.4 is 16.6 Å². The molecule has 1 unspecified atom stereocenters. The third-order valence-corrected chi connectivity index (χ3v) is 3.16. The summed E-state index contributed by atoms with van der Waals surface area (Å²) in [6.45, 7) is 2.59. The van der Waals surface area contributed by atoms with Gasteiger partial charge in [-0.05, 0) is 18.1 Å². The van der Waals surface area contributed by atoms with Crippen molar-refractivity contribution in [2.45, 2.75) is 19.0 Å². The summed E-state index contributed by atoms with van der Waals surface area (Å²) < 4.78 is 4.59. The fraction of sp³-hybridized carbons (Fsp3) is 0.500. The largest absolute Gasteiger partial charge is 0.453 e. The number of carbonyl (C=O) groups is 1. The summed E-state index contributed by atoms with van der Waals surface area (Å²) in [7, 11) is 1.38. The summed E-state index contributed by atoms with van der Waals surface area (Å²) >= 11 is 0. The van der Waals surface area contributed by atoms with E-state index in [2.05, 4.69) is 25.4 Å². The van der Waals surface area contributed by atoms with Gasteiger partial charge in [-0.25, -0.2) is 15.6 Å². The number of alkyl carbamates (subject to hydrolysis) is 1. The molecule has 1 fully saturated rings. The molecule has 1 amide bonds. The number of methoxy groups -OCH3 is 1. The molecule has 0 aromatic carbocycles. The molecule has 2 heterocycles. The first-order valence-electron chi connectivity index (χ1n) is 6.19. The molecule has 0 radical (unpaired) electrons. The zero-order chi connectivity index (χ0) is 13.7. The molecule has 1 aromatic heterocycles. The summed E-state index contributed by atoms with van der Waals surface area (Å²) in [6, 6.07) is 3.99. The number of anilines is 1. The van der Waals surface area contributed by atoms with Gasteiger partial charge in [0.1, 0.15) is 5.82 Å². The lowest BCUT2D eigenvalue weighted by Gasteiger charge is -2.16. The van der Waals surface area contributed by atoms with Crippen molar-refractivity contribution >= 4 is 11.9 Å². The molecular formula is C12H19N5O2. The number of pyridine rings is 1. The van der Waals surface area contributed by atoms with Crippen LogP contribution in [0.15, 0.2) is 18.3 Å². The quantitative estimate of drug-likeness (QED) is 0.535. The van der Waals surface area contributed by atoms with Crippen molar-refractivity contribution < 1.29 is 9.53 Å². The number of hydrazine groups is 1. The lowest BCUT2D eigenvalue weighted by atomic mass is 10.2. The molecule has 1 atom stereocenters. The van der Waals surface area contributed by atoms with E-state index in [1.54, 1.807) is 6.20 Å². The van der Waals surface area contributed by atoms with E-state index in [9.17, 15) is 4.79 Å². The van der Waals surface area contributed by atoms with Crippen LogP contribution in [-0.4, -0.2) is 42.2 Å². The fourth-order valence-electron chi connectivity index (χ4n) is 2.18. The molecule has 7 heteroatoms. The van der Waals surface area contributed by atoms with Crippen molar-refractivity contribution in [1.29, 1.82) is 0 Å². The van der Waals surface area contributed by atoms with Crippen molar-refractivity contribution in [2.24, 2.45) is 5.84 Å². The maximum Gasteiger partial charge on any atom is 0.407 e. The maximum atomic E-state index is 11.1. The molecule has 104 valence electrons. The van der Waals surface area contributed by atoms with E-state index in [1.807, 2.05) is 12.1 Å². The highest BCUT2D eigenvalue weighted by Gasteiger charge is 2.23. The summed E-state index contributed by atoms with van der Waals surface area (Å²) in [5.41, 5.74) is 3.62. The van der Waals surface area contributed by atoms with E-state index in [1.165, 1.54) is 7.11 Å². The first-order valence-corrected chi connectivity index (χ1v) is 6.19. The SMILES string of the molecule is COC(=O)NC1CCN(Cc2ccc(NN)nc2)C1. The molecule has 7 nitrogen and oxygen atoms in total. The van der Waals surface area contributed by atoms with E-state index in [0.29, 0.717) is 5.82 Å². The van der Waals surface area contributed by atoms with Crippen LogP contribution >= 0.6 is 0 Å². The molecule has 0 bridgehead atoms. The molecule has 2 rings (SSSR count). The highest BCUT2D eigenvalue weighted by Crippen LogP contribution is 2.14. The second-order valence-corrected chi connectivity index (χ2v) is 4.55. The Balaban J connectivity index is 1.82. The highest BCUT2D eigenvalue weighted by molar-refractivity contribution is 5.67. The van der Waals surface area contributed by atoms with Crippen LogP contribution in [0, 0.1) is 0 Å². The maximum absolute atomic E-state index is 11.1. The smallest absolute Gasteiger partial charge is 0.407 e. The minimum absolute atomic E-state index is 0.158. The molecule has 19 heavy (non-hydrogen) atoms. The van der Waals surface area contributed by atoms with Crippen LogP contribution in [0.5, 0.6) is 0 Å². The summed E-state index contributed by atoms with van der Waals surface area (Å²) in [4.78, 5) is 17.6. The zero-order valence-corrected chi connectivity index (χ0v) is 10.9.